The van der Waals surface area contributed by atoms with Crippen molar-refractivity contribution in [3.63, 3.8) is 0 Å². The monoisotopic (exact) mass is 637 g/mol. The number of rotatable bonds is 5. The third-order valence-corrected chi connectivity index (χ3v) is 8.38. The molecule has 0 saturated heterocycles. The second kappa shape index (κ2) is 6.27. The van der Waals surface area contributed by atoms with Crippen LogP contribution in [-0.4, -0.2) is 0 Å². The maximum atomic E-state index is 13.4. The van der Waals surface area contributed by atoms with Crippen LogP contribution in [0.2, 0.25) is 0 Å². The molecule has 0 aliphatic heterocycles. The summed E-state index contributed by atoms with van der Waals surface area (Å²) in [5.41, 5.74) is 0.370. The lowest BCUT2D eigenvalue weighted by molar-refractivity contribution is 0.357. The molecule has 0 heterocycles. The topological polar surface area (TPSA) is 26.0 Å². The van der Waals surface area contributed by atoms with Crippen LogP contribution in [-0.2, 0) is 0 Å². The average molecular weight is 637 g/mol. The van der Waals surface area contributed by atoms with Gasteiger partial charge in [0.25, 0.3) is 0 Å². The highest BCUT2D eigenvalue weighted by atomic mass is 32.5. The molecule has 0 aliphatic rings. The third-order valence-electron chi connectivity index (χ3n) is 5.00. The summed E-state index contributed by atoms with van der Waals surface area (Å²) in [4.78, 5) is -9.08. The second-order valence-electron chi connectivity index (χ2n) is 8.40. The highest BCUT2D eigenvalue weighted by Crippen LogP contribution is 3.05. The number of hydrogen-bond acceptors (Lipinski definition) is 1. The smallest absolute Gasteiger partial charge is 0.310 e. The Bertz CT molecular complexity index is 1460. The molecule has 0 atom stereocenters. The molecule has 0 bridgehead atoms. The van der Waals surface area contributed by atoms with Crippen LogP contribution in [0.4, 0.5) is 64.0 Å². The van der Waals surface area contributed by atoms with Crippen LogP contribution in [0.15, 0.2) is 69.3 Å². The largest absolute Gasteiger partial charge is 0.398 e. The van der Waals surface area contributed by atoms with Crippen molar-refractivity contribution >= 4 is 36.4 Å². The van der Waals surface area contributed by atoms with E-state index in [2.05, 4.69) is 0 Å². The predicted molar refractivity (Wildman–Crippen MR) is 121 cm³/mol. The van der Waals surface area contributed by atoms with Crippen LogP contribution in [0.5, 0.6) is 0 Å². The lowest BCUT2D eigenvalue weighted by Gasteiger charge is -2.44. The number of para-hydroxylation sites is 1. The summed E-state index contributed by atoms with van der Waals surface area (Å²) in [6.45, 7) is 0.954. The summed E-state index contributed by atoms with van der Waals surface area (Å²) in [7, 11) is -32.3. The molecule has 38 heavy (non-hydrogen) atoms. The molecule has 3 aromatic carbocycles. The van der Waals surface area contributed by atoms with Gasteiger partial charge in [0.2, 0.25) is 0 Å². The van der Waals surface area contributed by atoms with Crippen molar-refractivity contribution in [1.82, 2.24) is 0 Å². The van der Waals surface area contributed by atoms with E-state index < -0.39 is 97.1 Å². The van der Waals surface area contributed by atoms with E-state index in [1.54, 1.807) is 0 Å². The molecule has 0 aliphatic carbocycles. The minimum atomic E-state index is -11.0. The van der Waals surface area contributed by atoms with Gasteiger partial charge in [0.05, 0.1) is 0 Å². The highest BCUT2D eigenvalue weighted by molar-refractivity contribution is 8.46. The molecular weight excluding hydrogens is 623 g/mol. The Morgan fingerprint density at radius 2 is 0.789 bits per heavy atom. The summed E-state index contributed by atoms with van der Waals surface area (Å²) < 4.78 is 200. The molecule has 1 nitrogen and oxygen atoms in total. The van der Waals surface area contributed by atoms with Gasteiger partial charge in [0.15, 0.2) is 0 Å². The summed E-state index contributed by atoms with van der Waals surface area (Å²) in [6.07, 6.45) is 0. The average Bonchev–Trinajstić information content (AvgIpc) is 2.62. The van der Waals surface area contributed by atoms with Crippen molar-refractivity contribution in [2.45, 2.75) is 21.6 Å². The number of nitrogens with two attached hydrogens (primary N) is 1. The first-order valence-corrected chi connectivity index (χ1v) is 15.3. The molecular formula is C19H14F15NS3. The first kappa shape index (κ1) is 30.0. The van der Waals surface area contributed by atoms with E-state index >= 15 is 0 Å². The van der Waals surface area contributed by atoms with Gasteiger partial charge < -0.3 is 5.73 Å². The van der Waals surface area contributed by atoms with Gasteiger partial charge in [0.1, 0.15) is 14.7 Å². The van der Waals surface area contributed by atoms with Gasteiger partial charge >= 0.3 is 30.7 Å². The number of aryl methyl sites for hydroxylation is 1. The van der Waals surface area contributed by atoms with Gasteiger partial charge in [-0.2, -0.15) is 0 Å². The van der Waals surface area contributed by atoms with E-state index in [9.17, 15) is 58.3 Å². The van der Waals surface area contributed by atoms with E-state index in [0.29, 0.717) is 6.07 Å². The molecule has 0 unspecified atom stereocenters. The molecule has 0 amide bonds. The maximum Gasteiger partial charge on any atom is 0.310 e. The van der Waals surface area contributed by atoms with E-state index in [1.165, 1.54) is 0 Å². The van der Waals surface area contributed by atoms with Gasteiger partial charge in [0, 0.05) is 16.8 Å². The first-order valence-electron chi connectivity index (χ1n) is 9.42. The van der Waals surface area contributed by atoms with Gasteiger partial charge in [-0.1, -0.05) is 82.6 Å². The van der Waals surface area contributed by atoms with Crippen molar-refractivity contribution < 1.29 is 58.3 Å². The first-order chi connectivity index (χ1) is 16.0. The molecule has 0 saturated carbocycles. The third kappa shape index (κ3) is 6.53. The number of nitrogen functional groups attached to an aromatic ring is 1. The van der Waals surface area contributed by atoms with Gasteiger partial charge in [-0.3, -0.25) is 0 Å². The van der Waals surface area contributed by atoms with Crippen LogP contribution < -0.4 is 5.73 Å². The molecule has 3 rings (SSSR count). The van der Waals surface area contributed by atoms with Crippen LogP contribution in [0.25, 0.3) is 22.3 Å². The second-order valence-corrected chi connectivity index (χ2v) is 15.6. The van der Waals surface area contributed by atoms with Gasteiger partial charge in [-0.05, 0) is 53.9 Å². The zero-order chi connectivity index (χ0) is 29.8. The van der Waals surface area contributed by atoms with Crippen molar-refractivity contribution in [3.05, 3.63) is 60.2 Å². The molecule has 19 heteroatoms. The standard InChI is InChI=1S/C19H14F15NS3/c1-11-5-12(7-14(6-11)36(20,21,22,23)24)17-3-2-4-18(19(17)35)13-8-15(37(25,26,27,28)29)10-16(9-13)38(30,31,32,33)34/h2-10H,35H2,1H3. The van der Waals surface area contributed by atoms with Crippen molar-refractivity contribution in [2.75, 3.05) is 5.73 Å². The SMILES string of the molecule is Cc1cc(-c2cccc(-c3cc(S(F)(F)(F)(F)F)cc(S(F)(F)(F)(F)F)c3)c2N)cc(S(F)(F)(F)(F)F)c1. The van der Waals surface area contributed by atoms with Crippen molar-refractivity contribution in [3.8, 4) is 22.3 Å². The fourth-order valence-electron chi connectivity index (χ4n) is 3.37. The van der Waals surface area contributed by atoms with Crippen molar-refractivity contribution in [1.29, 1.82) is 0 Å². The van der Waals surface area contributed by atoms with E-state index in [0.717, 1.165) is 25.1 Å². The Morgan fingerprint density at radius 1 is 0.474 bits per heavy atom. The predicted octanol–water partition coefficient (Wildman–Crippen LogP) is 12.9. The minimum Gasteiger partial charge on any atom is -0.398 e. The Kier molecular flexibility index (Phi) is 4.95. The molecule has 218 valence electrons. The summed E-state index contributed by atoms with van der Waals surface area (Å²) in [5.74, 6) is 0. The van der Waals surface area contributed by atoms with Gasteiger partial charge in [-0.15, -0.1) is 0 Å². The van der Waals surface area contributed by atoms with Crippen LogP contribution in [0.3, 0.4) is 0 Å². The molecule has 2 N–H and O–H groups in total. The number of anilines is 1. The Balaban J connectivity index is 2.40. The zero-order valence-electron chi connectivity index (χ0n) is 18.2. The number of benzene rings is 3. The van der Waals surface area contributed by atoms with Crippen LogP contribution >= 0.6 is 30.7 Å². The van der Waals surface area contributed by atoms with Crippen LogP contribution in [0, 0.1) is 6.92 Å². The maximum absolute atomic E-state index is 13.4. The highest BCUT2D eigenvalue weighted by Gasteiger charge is 2.69. The normalized spacial score (nSPS) is 18.8. The van der Waals surface area contributed by atoms with Gasteiger partial charge in [-0.25, -0.2) is 0 Å². The Labute approximate surface area is 204 Å². The summed E-state index contributed by atoms with van der Waals surface area (Å²) >= 11 is 0. The number of halogens is 15. The fourth-order valence-corrected chi connectivity index (χ4v) is 5.60. The zero-order valence-corrected chi connectivity index (χ0v) is 20.6. The Hall–Kier alpha value is -2.54. The fraction of sp³-hybridized carbons (Fsp3) is 0.0526. The molecule has 0 spiro atoms. The summed E-state index contributed by atoms with van der Waals surface area (Å²) in [5, 5.41) is 0. The summed E-state index contributed by atoms with van der Waals surface area (Å²) in [6, 6.07) is 0.443. The minimum absolute atomic E-state index is 0.0736. The lowest BCUT2D eigenvalue weighted by Crippen LogP contribution is -2.11. The molecule has 0 aromatic heterocycles. The van der Waals surface area contributed by atoms with E-state index in [-0.39, 0.29) is 12.1 Å². The molecule has 0 fully saturated rings. The molecule has 0 radical (unpaired) electrons. The number of hydrogen-bond donors (Lipinski definition) is 1. The van der Waals surface area contributed by atoms with E-state index in [1.807, 2.05) is 0 Å². The Morgan fingerprint density at radius 3 is 1.13 bits per heavy atom. The van der Waals surface area contributed by atoms with Crippen molar-refractivity contribution in [2.24, 2.45) is 0 Å². The van der Waals surface area contributed by atoms with Crippen LogP contribution in [0.1, 0.15) is 5.56 Å². The van der Waals surface area contributed by atoms with E-state index in [4.69, 9.17) is 5.73 Å². The quantitative estimate of drug-likeness (QED) is 0.219. The molecule has 3 aromatic rings. The lowest BCUT2D eigenvalue weighted by atomic mass is 9.95.